The van der Waals surface area contributed by atoms with E-state index in [0.717, 1.165) is 17.9 Å². The summed E-state index contributed by atoms with van der Waals surface area (Å²) in [4.78, 5) is 14.0. The minimum absolute atomic E-state index is 0.0306. The molecule has 1 aromatic rings. The molecule has 1 heterocycles. The van der Waals surface area contributed by atoms with E-state index in [-0.39, 0.29) is 18.1 Å². The molecule has 98 valence electrons. The number of nitrogens with zero attached hydrogens (tertiary/aromatic N) is 1. The Morgan fingerprint density at radius 3 is 2.67 bits per heavy atom. The number of hydrogen-bond acceptors (Lipinski definition) is 3. The topological polar surface area (TPSA) is 32.3 Å². The molecular formula is C13H17ClN2OS. The number of nitrogens with one attached hydrogen (secondary N) is 1. The van der Waals surface area contributed by atoms with Gasteiger partial charge >= 0.3 is 0 Å². The molecule has 1 N–H and O–H groups in total. The van der Waals surface area contributed by atoms with Gasteiger partial charge in [0.1, 0.15) is 6.17 Å². The van der Waals surface area contributed by atoms with Crippen LogP contribution in [0.5, 0.6) is 0 Å². The van der Waals surface area contributed by atoms with Gasteiger partial charge in [0.15, 0.2) is 0 Å². The molecule has 2 rings (SSSR count). The first-order valence-electron chi connectivity index (χ1n) is 5.94. The van der Waals surface area contributed by atoms with E-state index in [2.05, 4.69) is 11.6 Å². The highest BCUT2D eigenvalue weighted by molar-refractivity contribution is 7.98. The van der Waals surface area contributed by atoms with Crippen LogP contribution in [0.15, 0.2) is 24.3 Å². The lowest BCUT2D eigenvalue weighted by Crippen LogP contribution is -2.32. The number of benzene rings is 1. The second kappa shape index (κ2) is 5.95. The number of carbonyl (C=O) groups is 1. The molecule has 1 fully saturated rings. The van der Waals surface area contributed by atoms with Crippen molar-refractivity contribution in [2.45, 2.75) is 19.1 Å². The lowest BCUT2D eigenvalue weighted by molar-refractivity contribution is -0.129. The molecule has 1 saturated heterocycles. The molecule has 1 aromatic carbocycles. The van der Waals surface area contributed by atoms with Crippen molar-refractivity contribution in [3.63, 3.8) is 0 Å². The highest BCUT2D eigenvalue weighted by Crippen LogP contribution is 2.26. The Kier molecular flexibility index (Phi) is 4.54. The van der Waals surface area contributed by atoms with Crippen LogP contribution < -0.4 is 5.32 Å². The number of thioether (sulfide) groups is 1. The van der Waals surface area contributed by atoms with Gasteiger partial charge in [-0.2, -0.15) is 11.8 Å². The first-order valence-corrected chi connectivity index (χ1v) is 7.71. The summed E-state index contributed by atoms with van der Waals surface area (Å²) in [5.41, 5.74) is 1.08. The highest BCUT2D eigenvalue weighted by Gasteiger charge is 2.36. The van der Waals surface area contributed by atoms with E-state index in [0.29, 0.717) is 5.02 Å². The first-order chi connectivity index (χ1) is 8.63. The van der Waals surface area contributed by atoms with E-state index in [9.17, 15) is 4.79 Å². The monoisotopic (exact) mass is 284 g/mol. The smallest absolute Gasteiger partial charge is 0.241 e. The standard InChI is InChI=1S/C13H17ClN2OS/c1-9-13(17)16(7-8-18-2)12(15-9)10-3-5-11(14)6-4-10/h3-6,9,12,15H,7-8H2,1-2H3. The van der Waals surface area contributed by atoms with Crippen molar-refractivity contribution in [2.75, 3.05) is 18.6 Å². The Bertz CT molecular complexity index is 424. The molecule has 5 heteroatoms. The maximum Gasteiger partial charge on any atom is 0.241 e. The molecule has 3 nitrogen and oxygen atoms in total. The number of rotatable bonds is 4. The zero-order valence-electron chi connectivity index (χ0n) is 10.5. The average molecular weight is 285 g/mol. The van der Waals surface area contributed by atoms with Gasteiger partial charge in [-0.25, -0.2) is 0 Å². The second-order valence-electron chi connectivity index (χ2n) is 4.37. The SMILES string of the molecule is CSCCN1C(=O)C(C)NC1c1ccc(Cl)cc1. The summed E-state index contributed by atoms with van der Waals surface area (Å²) >= 11 is 7.64. The molecule has 0 aliphatic carbocycles. The van der Waals surface area contributed by atoms with Gasteiger partial charge in [-0.15, -0.1) is 0 Å². The largest absolute Gasteiger partial charge is 0.321 e. The van der Waals surface area contributed by atoms with Crippen molar-refractivity contribution in [1.82, 2.24) is 10.2 Å². The fourth-order valence-corrected chi connectivity index (χ4v) is 2.63. The van der Waals surface area contributed by atoms with Crippen LogP contribution >= 0.6 is 23.4 Å². The molecule has 0 saturated carbocycles. The van der Waals surface area contributed by atoms with Crippen LogP contribution in [0.1, 0.15) is 18.7 Å². The van der Waals surface area contributed by atoms with Crippen molar-refractivity contribution in [3.8, 4) is 0 Å². The molecule has 0 radical (unpaired) electrons. The van der Waals surface area contributed by atoms with Crippen LogP contribution in [0.2, 0.25) is 5.02 Å². The van der Waals surface area contributed by atoms with E-state index in [1.54, 1.807) is 11.8 Å². The molecule has 18 heavy (non-hydrogen) atoms. The van der Waals surface area contributed by atoms with Crippen LogP contribution in [0.3, 0.4) is 0 Å². The van der Waals surface area contributed by atoms with E-state index in [1.807, 2.05) is 36.1 Å². The fraction of sp³-hybridized carbons (Fsp3) is 0.462. The Labute approximate surface area is 117 Å². The van der Waals surface area contributed by atoms with Crippen LogP contribution in [0.25, 0.3) is 0 Å². The summed E-state index contributed by atoms with van der Waals surface area (Å²) in [5, 5.41) is 4.04. The summed E-state index contributed by atoms with van der Waals surface area (Å²) in [6, 6.07) is 7.54. The molecule has 1 amide bonds. The molecule has 1 aliphatic heterocycles. The van der Waals surface area contributed by atoms with Gasteiger partial charge in [-0.1, -0.05) is 23.7 Å². The maximum absolute atomic E-state index is 12.1. The van der Waals surface area contributed by atoms with Gasteiger partial charge < -0.3 is 4.90 Å². The predicted molar refractivity (Wildman–Crippen MR) is 76.9 cm³/mol. The summed E-state index contributed by atoms with van der Waals surface area (Å²) in [7, 11) is 0. The minimum Gasteiger partial charge on any atom is -0.321 e. The van der Waals surface area contributed by atoms with E-state index in [1.165, 1.54) is 0 Å². The fourth-order valence-electron chi connectivity index (χ4n) is 2.12. The van der Waals surface area contributed by atoms with E-state index < -0.39 is 0 Å². The maximum atomic E-state index is 12.1. The van der Waals surface area contributed by atoms with Crippen molar-refractivity contribution >= 4 is 29.3 Å². The highest BCUT2D eigenvalue weighted by atomic mass is 35.5. The molecular weight excluding hydrogens is 268 g/mol. The van der Waals surface area contributed by atoms with Gasteiger partial charge in [0.25, 0.3) is 0 Å². The van der Waals surface area contributed by atoms with Gasteiger partial charge in [-0.05, 0) is 30.9 Å². The normalized spacial score (nSPS) is 23.7. The number of carbonyl (C=O) groups excluding carboxylic acids is 1. The Balaban J connectivity index is 2.19. The zero-order valence-corrected chi connectivity index (χ0v) is 12.1. The lowest BCUT2D eigenvalue weighted by atomic mass is 10.1. The van der Waals surface area contributed by atoms with Gasteiger partial charge in [0, 0.05) is 17.3 Å². The Morgan fingerprint density at radius 1 is 1.39 bits per heavy atom. The molecule has 2 atom stereocenters. The Morgan fingerprint density at radius 2 is 2.06 bits per heavy atom. The number of hydrogen-bond donors (Lipinski definition) is 1. The lowest BCUT2D eigenvalue weighted by Gasteiger charge is -2.24. The summed E-state index contributed by atoms with van der Waals surface area (Å²) in [6.07, 6.45) is 2.02. The van der Waals surface area contributed by atoms with Crippen LogP contribution in [0.4, 0.5) is 0 Å². The van der Waals surface area contributed by atoms with Crippen molar-refractivity contribution in [3.05, 3.63) is 34.9 Å². The van der Waals surface area contributed by atoms with Crippen LogP contribution in [-0.2, 0) is 4.79 Å². The molecule has 0 spiro atoms. The minimum atomic E-state index is -0.118. The zero-order chi connectivity index (χ0) is 13.1. The first kappa shape index (κ1) is 13.7. The molecule has 0 bridgehead atoms. The Hall–Kier alpha value is -0.710. The molecule has 0 aromatic heterocycles. The van der Waals surface area contributed by atoms with Crippen molar-refractivity contribution in [2.24, 2.45) is 0 Å². The molecule has 2 unspecified atom stereocenters. The van der Waals surface area contributed by atoms with Gasteiger partial charge in [0.05, 0.1) is 6.04 Å². The summed E-state index contributed by atoms with van der Waals surface area (Å²) < 4.78 is 0. The molecule has 1 aliphatic rings. The number of amides is 1. The average Bonchev–Trinajstić information content (AvgIpc) is 2.64. The van der Waals surface area contributed by atoms with Crippen molar-refractivity contribution < 1.29 is 4.79 Å². The third kappa shape index (κ3) is 2.82. The third-order valence-corrected chi connectivity index (χ3v) is 3.94. The summed E-state index contributed by atoms with van der Waals surface area (Å²) in [6.45, 7) is 2.68. The second-order valence-corrected chi connectivity index (χ2v) is 5.79. The van der Waals surface area contributed by atoms with Gasteiger partial charge in [-0.3, -0.25) is 10.1 Å². The summed E-state index contributed by atoms with van der Waals surface area (Å²) in [5.74, 6) is 1.12. The van der Waals surface area contributed by atoms with Crippen LogP contribution in [0, 0.1) is 0 Å². The quantitative estimate of drug-likeness (QED) is 0.922. The predicted octanol–water partition coefficient (Wildman–Crippen LogP) is 2.52. The third-order valence-electron chi connectivity index (χ3n) is 3.10. The van der Waals surface area contributed by atoms with E-state index >= 15 is 0 Å². The number of halogens is 1. The van der Waals surface area contributed by atoms with Crippen molar-refractivity contribution in [1.29, 1.82) is 0 Å². The van der Waals surface area contributed by atoms with Crippen LogP contribution in [-0.4, -0.2) is 35.4 Å². The van der Waals surface area contributed by atoms with E-state index in [4.69, 9.17) is 11.6 Å². The van der Waals surface area contributed by atoms with Gasteiger partial charge in [0.2, 0.25) is 5.91 Å².